The summed E-state index contributed by atoms with van der Waals surface area (Å²) in [6.45, 7) is 0. The van der Waals surface area contributed by atoms with E-state index in [-0.39, 0.29) is 11.9 Å². The molecule has 0 heterocycles. The smallest absolute Gasteiger partial charge is 0.126 e. The molecule has 0 saturated carbocycles. The van der Waals surface area contributed by atoms with Crippen LogP contribution < -0.4 is 5.32 Å². The van der Waals surface area contributed by atoms with Crippen LogP contribution in [0.3, 0.4) is 0 Å². The molecule has 2 aromatic carbocycles. The number of benzene rings is 2. The van der Waals surface area contributed by atoms with Gasteiger partial charge in [0, 0.05) is 15.5 Å². The van der Waals surface area contributed by atoms with Crippen LogP contribution in [0, 0.1) is 5.82 Å². The predicted molar refractivity (Wildman–Crippen MR) is 81.1 cm³/mol. The van der Waals surface area contributed by atoms with Gasteiger partial charge in [-0.05, 0) is 48.9 Å². The van der Waals surface area contributed by atoms with Gasteiger partial charge < -0.3 is 5.32 Å². The molecule has 0 aliphatic rings. The van der Waals surface area contributed by atoms with E-state index in [0.29, 0.717) is 17.0 Å². The van der Waals surface area contributed by atoms with Crippen molar-refractivity contribution in [3.8, 4) is 0 Å². The molecule has 1 N–H and O–H groups in total. The first kappa shape index (κ1) is 14.5. The molecule has 0 aliphatic heterocycles. The van der Waals surface area contributed by atoms with Gasteiger partial charge in [0.05, 0.1) is 0 Å². The van der Waals surface area contributed by atoms with Gasteiger partial charge in [0.2, 0.25) is 0 Å². The molecule has 0 saturated heterocycles. The van der Waals surface area contributed by atoms with Crippen LogP contribution in [0.1, 0.15) is 17.2 Å². The highest BCUT2D eigenvalue weighted by molar-refractivity contribution is 9.10. The Morgan fingerprint density at radius 1 is 1.26 bits per heavy atom. The Hall–Kier alpha value is -0.900. The van der Waals surface area contributed by atoms with Crippen LogP contribution in [-0.2, 0) is 6.42 Å². The molecule has 0 aromatic heterocycles. The van der Waals surface area contributed by atoms with Crippen molar-refractivity contribution in [1.29, 1.82) is 0 Å². The Kier molecular flexibility index (Phi) is 4.97. The Morgan fingerprint density at radius 3 is 2.68 bits per heavy atom. The first-order valence-electron chi connectivity index (χ1n) is 5.97. The molecule has 19 heavy (non-hydrogen) atoms. The summed E-state index contributed by atoms with van der Waals surface area (Å²) in [4.78, 5) is 0. The summed E-state index contributed by atoms with van der Waals surface area (Å²) < 4.78 is 14.7. The maximum absolute atomic E-state index is 13.8. The van der Waals surface area contributed by atoms with E-state index in [1.807, 2.05) is 31.3 Å². The Morgan fingerprint density at radius 2 is 2.00 bits per heavy atom. The van der Waals surface area contributed by atoms with Gasteiger partial charge in [0.25, 0.3) is 0 Å². The van der Waals surface area contributed by atoms with Gasteiger partial charge in [-0.2, -0.15) is 0 Å². The van der Waals surface area contributed by atoms with Gasteiger partial charge in [-0.15, -0.1) is 0 Å². The molecule has 0 radical (unpaired) electrons. The van der Waals surface area contributed by atoms with Crippen molar-refractivity contribution in [3.05, 3.63) is 68.9 Å². The van der Waals surface area contributed by atoms with Crippen LogP contribution in [-0.4, -0.2) is 7.05 Å². The zero-order valence-electron chi connectivity index (χ0n) is 10.5. The van der Waals surface area contributed by atoms with Crippen molar-refractivity contribution < 1.29 is 4.39 Å². The number of likely N-dealkylation sites (N-methyl/N-ethyl adjacent to an activating group) is 1. The standard InChI is InChI=1S/C15H14BrClFN/c1-19-15(12-4-2-3-5-13(12)17)9-10-8-11(16)6-7-14(10)18/h2-8,15,19H,9H2,1H3. The quantitative estimate of drug-likeness (QED) is 0.846. The highest BCUT2D eigenvalue weighted by atomic mass is 79.9. The SMILES string of the molecule is CNC(Cc1cc(Br)ccc1F)c1ccccc1Cl. The molecule has 100 valence electrons. The van der Waals surface area contributed by atoms with E-state index in [4.69, 9.17) is 11.6 Å². The first-order chi connectivity index (χ1) is 9.11. The minimum absolute atomic E-state index is 0.0162. The molecule has 0 fully saturated rings. The summed E-state index contributed by atoms with van der Waals surface area (Å²) in [5, 5.41) is 3.88. The third-order valence-electron chi connectivity index (χ3n) is 3.06. The van der Waals surface area contributed by atoms with E-state index in [2.05, 4.69) is 21.2 Å². The van der Waals surface area contributed by atoms with Gasteiger partial charge in [0.1, 0.15) is 5.82 Å². The average molecular weight is 343 g/mol. The summed E-state index contributed by atoms with van der Waals surface area (Å²) in [5.74, 6) is -0.199. The van der Waals surface area contributed by atoms with E-state index in [0.717, 1.165) is 10.0 Å². The normalized spacial score (nSPS) is 12.4. The van der Waals surface area contributed by atoms with Crippen molar-refractivity contribution in [2.24, 2.45) is 0 Å². The maximum Gasteiger partial charge on any atom is 0.126 e. The van der Waals surface area contributed by atoms with Gasteiger partial charge in [-0.1, -0.05) is 45.7 Å². The zero-order valence-corrected chi connectivity index (χ0v) is 12.8. The largest absolute Gasteiger partial charge is 0.313 e. The van der Waals surface area contributed by atoms with Gasteiger partial charge in [-0.3, -0.25) is 0 Å². The lowest BCUT2D eigenvalue weighted by Gasteiger charge is -2.18. The zero-order chi connectivity index (χ0) is 13.8. The molecule has 2 aromatic rings. The minimum Gasteiger partial charge on any atom is -0.313 e. The molecule has 1 unspecified atom stereocenters. The van der Waals surface area contributed by atoms with E-state index in [9.17, 15) is 4.39 Å². The summed E-state index contributed by atoms with van der Waals surface area (Å²) in [5.41, 5.74) is 1.64. The molecule has 0 aliphatic carbocycles. The lowest BCUT2D eigenvalue weighted by Crippen LogP contribution is -2.19. The predicted octanol–water partition coefficient (Wildman–Crippen LogP) is 4.74. The van der Waals surface area contributed by atoms with Crippen molar-refractivity contribution >= 4 is 27.5 Å². The van der Waals surface area contributed by atoms with Crippen molar-refractivity contribution in [2.45, 2.75) is 12.5 Å². The molecular formula is C15H14BrClFN. The fourth-order valence-corrected chi connectivity index (χ4v) is 2.72. The third-order valence-corrected chi connectivity index (χ3v) is 3.90. The fourth-order valence-electron chi connectivity index (χ4n) is 2.04. The Balaban J connectivity index is 2.29. The van der Waals surface area contributed by atoms with E-state index < -0.39 is 0 Å². The van der Waals surface area contributed by atoms with Crippen molar-refractivity contribution in [2.75, 3.05) is 7.05 Å². The third kappa shape index (κ3) is 3.56. The van der Waals surface area contributed by atoms with Crippen LogP contribution >= 0.6 is 27.5 Å². The second-order valence-electron chi connectivity index (χ2n) is 4.30. The molecule has 0 spiro atoms. The summed E-state index contributed by atoms with van der Waals surface area (Å²) in [6, 6.07) is 12.6. The van der Waals surface area contributed by atoms with Crippen LogP contribution in [0.2, 0.25) is 5.02 Å². The molecule has 2 rings (SSSR count). The molecule has 1 atom stereocenters. The Bertz CT molecular complexity index is 574. The minimum atomic E-state index is -0.199. The molecule has 0 amide bonds. The molecule has 4 heteroatoms. The highest BCUT2D eigenvalue weighted by Gasteiger charge is 2.15. The van der Waals surface area contributed by atoms with Gasteiger partial charge in [0.15, 0.2) is 0 Å². The Labute approximate surface area is 125 Å². The maximum atomic E-state index is 13.8. The fraction of sp³-hybridized carbons (Fsp3) is 0.200. The van der Waals surface area contributed by atoms with Gasteiger partial charge in [-0.25, -0.2) is 4.39 Å². The van der Waals surface area contributed by atoms with Crippen LogP contribution in [0.4, 0.5) is 4.39 Å². The van der Waals surface area contributed by atoms with Crippen LogP contribution in [0.5, 0.6) is 0 Å². The van der Waals surface area contributed by atoms with Crippen molar-refractivity contribution in [1.82, 2.24) is 5.32 Å². The molecule has 1 nitrogen and oxygen atoms in total. The van der Waals surface area contributed by atoms with Crippen LogP contribution in [0.15, 0.2) is 46.9 Å². The number of halogens is 3. The number of rotatable bonds is 4. The lowest BCUT2D eigenvalue weighted by atomic mass is 9.98. The molecule has 0 bridgehead atoms. The number of hydrogen-bond donors (Lipinski definition) is 1. The van der Waals surface area contributed by atoms with E-state index in [1.165, 1.54) is 6.07 Å². The summed E-state index contributed by atoms with van der Waals surface area (Å²) in [6.07, 6.45) is 0.547. The lowest BCUT2D eigenvalue weighted by molar-refractivity contribution is 0.554. The monoisotopic (exact) mass is 341 g/mol. The molecular weight excluding hydrogens is 329 g/mol. The number of nitrogens with one attached hydrogen (secondary N) is 1. The second kappa shape index (κ2) is 6.51. The van der Waals surface area contributed by atoms with E-state index >= 15 is 0 Å². The summed E-state index contributed by atoms with van der Waals surface area (Å²) in [7, 11) is 1.85. The van der Waals surface area contributed by atoms with Gasteiger partial charge >= 0.3 is 0 Å². The van der Waals surface area contributed by atoms with E-state index in [1.54, 1.807) is 12.1 Å². The average Bonchev–Trinajstić information content (AvgIpc) is 2.41. The topological polar surface area (TPSA) is 12.0 Å². The van der Waals surface area contributed by atoms with Crippen molar-refractivity contribution in [3.63, 3.8) is 0 Å². The van der Waals surface area contributed by atoms with Crippen LogP contribution in [0.25, 0.3) is 0 Å². The first-order valence-corrected chi connectivity index (χ1v) is 7.14. The number of hydrogen-bond acceptors (Lipinski definition) is 1. The second-order valence-corrected chi connectivity index (χ2v) is 5.63. The highest BCUT2D eigenvalue weighted by Crippen LogP contribution is 2.27. The summed E-state index contributed by atoms with van der Waals surface area (Å²) >= 11 is 9.56.